The molecule has 2 unspecified atom stereocenters. The Labute approximate surface area is 180 Å². The summed E-state index contributed by atoms with van der Waals surface area (Å²) in [7, 11) is 0. The van der Waals surface area contributed by atoms with Gasteiger partial charge in [-0.2, -0.15) is 0 Å². The SMILES string of the molecule is CC(NC(=O)C1CCCN1C(=O)OC(C)(C)C)c1ccc(-c2c(F)cccc2F)nc1. The fourth-order valence-corrected chi connectivity index (χ4v) is 3.52. The number of hydrogen-bond acceptors (Lipinski definition) is 4. The average Bonchev–Trinajstić information content (AvgIpc) is 3.17. The Kier molecular flexibility index (Phi) is 6.57. The maximum absolute atomic E-state index is 14.0. The Morgan fingerprint density at radius 1 is 1.19 bits per heavy atom. The van der Waals surface area contributed by atoms with Crippen LogP contribution in [0.15, 0.2) is 36.5 Å². The highest BCUT2D eigenvalue weighted by molar-refractivity contribution is 5.86. The van der Waals surface area contributed by atoms with Crippen molar-refractivity contribution in [3.8, 4) is 11.3 Å². The van der Waals surface area contributed by atoms with Crippen molar-refractivity contribution in [1.29, 1.82) is 0 Å². The molecule has 2 amide bonds. The number of carbonyl (C=O) groups excluding carboxylic acids is 2. The van der Waals surface area contributed by atoms with Crippen LogP contribution in [0.5, 0.6) is 0 Å². The Balaban J connectivity index is 1.67. The molecule has 1 fully saturated rings. The number of likely N-dealkylation sites (tertiary alicyclic amines) is 1. The zero-order chi connectivity index (χ0) is 22.8. The first-order valence-electron chi connectivity index (χ1n) is 10.3. The third kappa shape index (κ3) is 5.37. The Morgan fingerprint density at radius 3 is 2.45 bits per heavy atom. The maximum atomic E-state index is 14.0. The molecular formula is C23H27F2N3O3. The van der Waals surface area contributed by atoms with E-state index in [0.717, 1.165) is 6.42 Å². The summed E-state index contributed by atoms with van der Waals surface area (Å²) in [6.45, 7) is 7.59. The smallest absolute Gasteiger partial charge is 0.410 e. The predicted molar refractivity (Wildman–Crippen MR) is 112 cm³/mol. The number of nitrogens with one attached hydrogen (secondary N) is 1. The second-order valence-electron chi connectivity index (χ2n) is 8.64. The number of ether oxygens (including phenoxy) is 1. The van der Waals surface area contributed by atoms with Crippen molar-refractivity contribution in [3.63, 3.8) is 0 Å². The molecule has 2 aromatic rings. The molecule has 1 N–H and O–H groups in total. The predicted octanol–water partition coefficient (Wildman–Crippen LogP) is 4.60. The average molecular weight is 431 g/mol. The first-order valence-corrected chi connectivity index (χ1v) is 10.3. The van der Waals surface area contributed by atoms with Gasteiger partial charge in [0, 0.05) is 12.7 Å². The molecule has 0 spiro atoms. The Morgan fingerprint density at radius 2 is 1.87 bits per heavy atom. The second kappa shape index (κ2) is 8.99. The van der Waals surface area contributed by atoms with E-state index in [9.17, 15) is 18.4 Å². The molecule has 1 aromatic heterocycles. The number of amides is 2. The molecule has 31 heavy (non-hydrogen) atoms. The fraction of sp³-hybridized carbons (Fsp3) is 0.435. The summed E-state index contributed by atoms with van der Waals surface area (Å²) in [5, 5.41) is 2.89. The van der Waals surface area contributed by atoms with Crippen LogP contribution in [-0.4, -0.2) is 40.1 Å². The number of hydrogen-bond donors (Lipinski definition) is 1. The first-order chi connectivity index (χ1) is 14.6. The van der Waals surface area contributed by atoms with E-state index in [0.29, 0.717) is 18.5 Å². The summed E-state index contributed by atoms with van der Waals surface area (Å²) >= 11 is 0. The lowest BCUT2D eigenvalue weighted by atomic mass is 10.1. The summed E-state index contributed by atoms with van der Waals surface area (Å²) in [4.78, 5) is 30.8. The molecule has 0 radical (unpaired) electrons. The molecule has 0 bridgehead atoms. The van der Waals surface area contributed by atoms with E-state index in [1.807, 2.05) is 0 Å². The summed E-state index contributed by atoms with van der Waals surface area (Å²) in [5.41, 5.74) is 0.0178. The van der Waals surface area contributed by atoms with Gasteiger partial charge in [-0.05, 0) is 64.3 Å². The van der Waals surface area contributed by atoms with Crippen molar-refractivity contribution in [1.82, 2.24) is 15.2 Å². The van der Waals surface area contributed by atoms with Crippen molar-refractivity contribution >= 4 is 12.0 Å². The van der Waals surface area contributed by atoms with Gasteiger partial charge in [-0.25, -0.2) is 13.6 Å². The minimum absolute atomic E-state index is 0.171. The van der Waals surface area contributed by atoms with Crippen LogP contribution in [0, 0.1) is 11.6 Å². The lowest BCUT2D eigenvalue weighted by Gasteiger charge is -2.28. The number of aromatic nitrogens is 1. The molecule has 3 rings (SSSR count). The van der Waals surface area contributed by atoms with Gasteiger partial charge in [0.15, 0.2) is 0 Å². The van der Waals surface area contributed by atoms with Crippen LogP contribution >= 0.6 is 0 Å². The molecule has 1 aliphatic heterocycles. The fourth-order valence-electron chi connectivity index (χ4n) is 3.52. The van der Waals surface area contributed by atoms with Crippen LogP contribution in [0.2, 0.25) is 0 Å². The van der Waals surface area contributed by atoms with Crippen molar-refractivity contribution in [2.45, 2.75) is 58.2 Å². The van der Waals surface area contributed by atoms with Gasteiger partial charge >= 0.3 is 6.09 Å². The quantitative estimate of drug-likeness (QED) is 0.768. The van der Waals surface area contributed by atoms with Crippen LogP contribution in [-0.2, 0) is 9.53 Å². The van der Waals surface area contributed by atoms with Crippen molar-refractivity contribution < 1.29 is 23.1 Å². The molecule has 2 heterocycles. The van der Waals surface area contributed by atoms with Gasteiger partial charge in [-0.1, -0.05) is 12.1 Å². The molecule has 8 heteroatoms. The van der Waals surface area contributed by atoms with Crippen LogP contribution in [0.1, 0.15) is 52.1 Å². The Bertz CT molecular complexity index is 937. The minimum atomic E-state index is -0.690. The maximum Gasteiger partial charge on any atom is 0.410 e. The van der Waals surface area contributed by atoms with E-state index < -0.39 is 35.4 Å². The number of benzene rings is 1. The molecule has 1 saturated heterocycles. The van der Waals surface area contributed by atoms with E-state index >= 15 is 0 Å². The van der Waals surface area contributed by atoms with Gasteiger partial charge in [0.05, 0.1) is 17.3 Å². The van der Waals surface area contributed by atoms with Crippen molar-refractivity contribution in [2.24, 2.45) is 0 Å². The second-order valence-corrected chi connectivity index (χ2v) is 8.64. The van der Waals surface area contributed by atoms with Crippen molar-refractivity contribution in [3.05, 3.63) is 53.7 Å². The summed E-state index contributed by atoms with van der Waals surface area (Å²) in [6.07, 6.45) is 2.25. The molecule has 0 saturated carbocycles. The van der Waals surface area contributed by atoms with E-state index in [4.69, 9.17) is 4.74 Å². The lowest BCUT2D eigenvalue weighted by molar-refractivity contribution is -0.126. The number of carbonyl (C=O) groups is 2. The van der Waals surface area contributed by atoms with Crippen LogP contribution < -0.4 is 5.32 Å². The molecule has 166 valence electrons. The molecule has 2 atom stereocenters. The number of halogens is 2. The van der Waals surface area contributed by atoms with E-state index in [-0.39, 0.29) is 17.2 Å². The topological polar surface area (TPSA) is 71.5 Å². The largest absolute Gasteiger partial charge is 0.444 e. The highest BCUT2D eigenvalue weighted by Gasteiger charge is 2.37. The summed E-state index contributed by atoms with van der Waals surface area (Å²) in [5.74, 6) is -1.66. The van der Waals surface area contributed by atoms with Crippen molar-refractivity contribution in [2.75, 3.05) is 6.54 Å². The van der Waals surface area contributed by atoms with Gasteiger partial charge in [-0.3, -0.25) is 14.7 Å². The minimum Gasteiger partial charge on any atom is -0.444 e. The van der Waals surface area contributed by atoms with Gasteiger partial charge < -0.3 is 10.1 Å². The normalized spacial score (nSPS) is 17.4. The Hall–Kier alpha value is -3.03. The third-order valence-electron chi connectivity index (χ3n) is 5.05. The first kappa shape index (κ1) is 22.7. The van der Waals surface area contributed by atoms with Gasteiger partial charge in [0.25, 0.3) is 0 Å². The third-order valence-corrected chi connectivity index (χ3v) is 5.05. The lowest BCUT2D eigenvalue weighted by Crippen LogP contribution is -2.48. The number of pyridine rings is 1. The molecule has 1 aliphatic rings. The zero-order valence-corrected chi connectivity index (χ0v) is 18.1. The van der Waals surface area contributed by atoms with Gasteiger partial charge in [0.2, 0.25) is 5.91 Å². The molecule has 6 nitrogen and oxygen atoms in total. The van der Waals surface area contributed by atoms with E-state index in [2.05, 4.69) is 10.3 Å². The zero-order valence-electron chi connectivity index (χ0n) is 18.1. The van der Waals surface area contributed by atoms with E-state index in [1.165, 1.54) is 35.4 Å². The van der Waals surface area contributed by atoms with E-state index in [1.54, 1.807) is 33.8 Å². The van der Waals surface area contributed by atoms with Gasteiger partial charge in [-0.15, -0.1) is 0 Å². The standard InChI is InChI=1S/C23H27F2N3O3/c1-14(15-10-11-18(26-13-15)20-16(24)7-5-8-17(20)25)27-21(29)19-9-6-12-28(19)22(30)31-23(2,3)4/h5,7-8,10-11,13-14,19H,6,9,12H2,1-4H3,(H,27,29). The highest BCUT2D eigenvalue weighted by atomic mass is 19.1. The molecular weight excluding hydrogens is 404 g/mol. The van der Waals surface area contributed by atoms with Crippen LogP contribution in [0.25, 0.3) is 11.3 Å². The number of nitrogens with zero attached hydrogens (tertiary/aromatic N) is 2. The van der Waals surface area contributed by atoms with Crippen LogP contribution in [0.4, 0.5) is 13.6 Å². The molecule has 1 aromatic carbocycles. The molecule has 0 aliphatic carbocycles. The monoisotopic (exact) mass is 431 g/mol. The highest BCUT2D eigenvalue weighted by Crippen LogP contribution is 2.26. The van der Waals surface area contributed by atoms with Crippen LogP contribution in [0.3, 0.4) is 0 Å². The number of rotatable bonds is 4. The van der Waals surface area contributed by atoms with Gasteiger partial charge in [0.1, 0.15) is 23.3 Å². The summed E-state index contributed by atoms with van der Waals surface area (Å²) in [6, 6.07) is 5.83. The summed E-state index contributed by atoms with van der Waals surface area (Å²) < 4.78 is 33.3.